The molecule has 0 aliphatic rings. The van der Waals surface area contributed by atoms with Crippen LogP contribution in [0.2, 0.25) is 0 Å². The van der Waals surface area contributed by atoms with Crippen LogP contribution in [-0.2, 0) is 13.1 Å². The van der Waals surface area contributed by atoms with Crippen molar-refractivity contribution in [3.63, 3.8) is 0 Å². The molecule has 0 saturated carbocycles. The van der Waals surface area contributed by atoms with Crippen LogP contribution in [0.5, 0.6) is 0 Å². The third-order valence-corrected chi connectivity index (χ3v) is 4.50. The van der Waals surface area contributed by atoms with Crippen LogP contribution in [0, 0.1) is 0 Å². The molecule has 0 fully saturated rings. The lowest BCUT2D eigenvalue weighted by Crippen LogP contribution is -3.00. The second kappa shape index (κ2) is 11.2. The van der Waals surface area contributed by atoms with Crippen molar-refractivity contribution in [2.24, 2.45) is 0 Å². The highest BCUT2D eigenvalue weighted by Gasteiger charge is 2.08. The molecule has 0 saturated heterocycles. The molecule has 3 rings (SSSR count). The van der Waals surface area contributed by atoms with Crippen LogP contribution in [0.15, 0.2) is 73.3 Å². The Hall–Kier alpha value is -1.92. The van der Waals surface area contributed by atoms with Gasteiger partial charge in [0.05, 0.1) is 0 Å². The molecular weight excluding hydrogens is 480 g/mol. The summed E-state index contributed by atoms with van der Waals surface area (Å²) in [6, 6.07) is 17.4. The average molecular weight is 508 g/mol. The lowest BCUT2D eigenvalue weighted by Gasteiger charge is -2.11. The Kier molecular flexibility index (Phi) is 9.62. The molecule has 4 nitrogen and oxygen atoms in total. The molecule has 0 radical (unpaired) electrons. The van der Waals surface area contributed by atoms with E-state index in [9.17, 15) is 0 Å². The fraction of sp³-hybridized carbons (Fsp3) is 0.273. The summed E-state index contributed by atoms with van der Waals surface area (Å²) >= 11 is 0. The van der Waals surface area contributed by atoms with Crippen LogP contribution >= 0.6 is 0 Å². The first kappa shape index (κ1) is 24.1. The number of rotatable bonds is 6. The predicted molar refractivity (Wildman–Crippen MR) is 107 cm³/mol. The number of hydrogen-bond donors (Lipinski definition) is 0. The van der Waals surface area contributed by atoms with Gasteiger partial charge in [-0.15, -0.1) is 0 Å². The molecule has 150 valence electrons. The van der Waals surface area contributed by atoms with Crippen molar-refractivity contribution < 1.29 is 43.1 Å². The van der Waals surface area contributed by atoms with Crippen molar-refractivity contribution in [3.8, 4) is 0 Å². The topological polar surface area (TPSA) is 14.2 Å². The summed E-state index contributed by atoms with van der Waals surface area (Å²) < 4.78 is 4.43. The van der Waals surface area contributed by atoms with E-state index in [0.717, 1.165) is 13.1 Å². The molecule has 2 aromatic heterocycles. The normalized spacial score (nSPS) is 9.86. The fourth-order valence-electron chi connectivity index (χ4n) is 2.95. The van der Waals surface area contributed by atoms with Crippen LogP contribution in [-0.4, -0.2) is 28.2 Å². The Morgan fingerprint density at radius 3 is 1.29 bits per heavy atom. The summed E-state index contributed by atoms with van der Waals surface area (Å²) in [5.74, 6) is 0. The minimum Gasteiger partial charge on any atom is -1.00 e. The van der Waals surface area contributed by atoms with Crippen molar-refractivity contribution in [2.75, 3.05) is 38.0 Å². The third-order valence-electron chi connectivity index (χ3n) is 4.50. The Morgan fingerprint density at radius 2 is 0.964 bits per heavy atom. The zero-order chi connectivity index (χ0) is 18.5. The lowest BCUT2D eigenvalue weighted by molar-refractivity contribution is -0.689. The quantitative estimate of drug-likeness (QED) is 0.321. The number of hydrogen-bond acceptors (Lipinski definition) is 2. The van der Waals surface area contributed by atoms with Gasteiger partial charge in [0.2, 0.25) is 0 Å². The first-order valence-corrected chi connectivity index (χ1v) is 8.92. The van der Waals surface area contributed by atoms with Crippen LogP contribution in [0.1, 0.15) is 11.1 Å². The maximum absolute atomic E-state index is 2.29. The summed E-state index contributed by atoms with van der Waals surface area (Å²) in [5, 5.41) is 0. The monoisotopic (exact) mass is 506 g/mol. The largest absolute Gasteiger partial charge is 1.00 e. The molecule has 1 aromatic carbocycles. The van der Waals surface area contributed by atoms with Crippen LogP contribution in [0.4, 0.5) is 11.4 Å². The molecule has 2 heterocycles. The zero-order valence-corrected chi connectivity index (χ0v) is 20.1. The van der Waals surface area contributed by atoms with E-state index in [2.05, 4.69) is 120 Å². The molecule has 0 bridgehead atoms. The minimum absolute atomic E-state index is 0. The highest BCUT2D eigenvalue weighted by atomic mass is 79.9. The standard InChI is InChI=1S/C22H28N4.2BrH/c1-23(2)21-8-12-25(13-9-21)17-19-6-5-7-20(16-19)18-26-14-10-22(11-15-26)24(3)4;;/h5-16H,17-18H2,1-4H3;2*1H/q+2;;/p-2. The van der Waals surface area contributed by atoms with Gasteiger partial charge < -0.3 is 43.8 Å². The molecule has 6 heteroatoms. The number of aromatic nitrogens is 2. The van der Waals surface area contributed by atoms with Crippen molar-refractivity contribution >= 4 is 11.4 Å². The van der Waals surface area contributed by atoms with Gasteiger partial charge in [0.15, 0.2) is 37.9 Å². The van der Waals surface area contributed by atoms with E-state index in [0.29, 0.717) is 0 Å². The lowest BCUT2D eigenvalue weighted by atomic mass is 10.1. The van der Waals surface area contributed by atoms with E-state index in [1.165, 1.54) is 22.5 Å². The SMILES string of the molecule is CN(C)c1cc[n+](Cc2cccc(C[n+]3ccc(N(C)C)cc3)c2)cc1.[Br-].[Br-]. The van der Waals surface area contributed by atoms with E-state index in [1.807, 2.05) is 0 Å². The fourth-order valence-corrected chi connectivity index (χ4v) is 2.95. The number of benzene rings is 1. The van der Waals surface area contributed by atoms with E-state index < -0.39 is 0 Å². The summed E-state index contributed by atoms with van der Waals surface area (Å²) in [5.41, 5.74) is 5.06. The van der Waals surface area contributed by atoms with Crippen molar-refractivity contribution in [1.29, 1.82) is 0 Å². The Labute approximate surface area is 189 Å². The van der Waals surface area contributed by atoms with Gasteiger partial charge in [-0.25, -0.2) is 9.13 Å². The summed E-state index contributed by atoms with van der Waals surface area (Å²) in [4.78, 5) is 4.23. The highest BCUT2D eigenvalue weighted by Crippen LogP contribution is 2.09. The Bertz CT molecular complexity index is 778. The second-order valence-electron chi connectivity index (χ2n) is 7.07. The van der Waals surface area contributed by atoms with Crippen LogP contribution < -0.4 is 52.9 Å². The van der Waals surface area contributed by atoms with Crippen molar-refractivity contribution in [1.82, 2.24) is 0 Å². The van der Waals surface area contributed by atoms with Gasteiger partial charge in [0.25, 0.3) is 0 Å². The molecule has 0 aliphatic carbocycles. The highest BCUT2D eigenvalue weighted by molar-refractivity contribution is 5.42. The van der Waals surface area contributed by atoms with Gasteiger partial charge in [-0.3, -0.25) is 0 Å². The molecule has 0 spiro atoms. The van der Waals surface area contributed by atoms with Gasteiger partial charge in [-0.2, -0.15) is 0 Å². The number of pyridine rings is 2. The number of halogens is 2. The van der Waals surface area contributed by atoms with Gasteiger partial charge in [-0.1, -0.05) is 18.2 Å². The smallest absolute Gasteiger partial charge is 0.173 e. The molecule has 28 heavy (non-hydrogen) atoms. The summed E-state index contributed by atoms with van der Waals surface area (Å²) in [6.07, 6.45) is 8.54. The maximum Gasteiger partial charge on any atom is 0.173 e. The minimum atomic E-state index is 0. The third kappa shape index (κ3) is 6.60. The van der Waals surface area contributed by atoms with Gasteiger partial charge in [0, 0.05) is 75.0 Å². The first-order valence-electron chi connectivity index (χ1n) is 8.92. The van der Waals surface area contributed by atoms with Gasteiger partial charge in [0.1, 0.15) is 0 Å². The number of nitrogens with zero attached hydrogens (tertiary/aromatic N) is 4. The molecule has 3 aromatic rings. The average Bonchev–Trinajstić information content (AvgIpc) is 2.63. The van der Waals surface area contributed by atoms with Crippen LogP contribution in [0.25, 0.3) is 0 Å². The maximum atomic E-state index is 2.29. The zero-order valence-electron chi connectivity index (χ0n) is 16.9. The predicted octanol–water partition coefficient (Wildman–Crippen LogP) is -3.50. The molecular formula is C22H28Br2N4. The van der Waals surface area contributed by atoms with Gasteiger partial charge >= 0.3 is 0 Å². The van der Waals surface area contributed by atoms with Crippen molar-refractivity contribution in [2.45, 2.75) is 13.1 Å². The summed E-state index contributed by atoms with van der Waals surface area (Å²) in [7, 11) is 8.25. The second-order valence-corrected chi connectivity index (χ2v) is 7.07. The summed E-state index contributed by atoms with van der Waals surface area (Å²) in [6.45, 7) is 1.76. The van der Waals surface area contributed by atoms with Crippen LogP contribution in [0.3, 0.4) is 0 Å². The molecule has 0 amide bonds. The van der Waals surface area contributed by atoms with E-state index >= 15 is 0 Å². The van der Waals surface area contributed by atoms with E-state index in [-0.39, 0.29) is 34.0 Å². The van der Waals surface area contributed by atoms with E-state index in [1.54, 1.807) is 0 Å². The molecule has 0 unspecified atom stereocenters. The number of anilines is 2. The molecule has 0 aliphatic heterocycles. The molecule has 0 atom stereocenters. The molecule has 0 N–H and O–H groups in total. The Morgan fingerprint density at radius 1 is 0.607 bits per heavy atom. The van der Waals surface area contributed by atoms with E-state index in [4.69, 9.17) is 0 Å². The first-order chi connectivity index (χ1) is 12.5. The Balaban J connectivity index is 0.00000196. The van der Waals surface area contributed by atoms with Gasteiger partial charge in [-0.05, 0) is 6.07 Å². The van der Waals surface area contributed by atoms with Crippen molar-refractivity contribution in [3.05, 3.63) is 84.4 Å².